The highest BCUT2D eigenvalue weighted by atomic mass is 15.4. The van der Waals surface area contributed by atoms with E-state index in [1.54, 1.807) is 7.05 Å². The molecule has 0 saturated heterocycles. The summed E-state index contributed by atoms with van der Waals surface area (Å²) in [5.74, 6) is 3.52. The Kier molecular flexibility index (Phi) is 5.99. The third-order valence-corrected chi connectivity index (χ3v) is 6.76. The van der Waals surface area contributed by atoms with Crippen LogP contribution in [0.15, 0.2) is 6.33 Å². The van der Waals surface area contributed by atoms with Crippen LogP contribution in [0.2, 0.25) is 0 Å². The van der Waals surface area contributed by atoms with Gasteiger partial charge in [0.25, 0.3) is 0 Å². The number of aromatic nitrogens is 4. The van der Waals surface area contributed by atoms with Crippen molar-refractivity contribution in [1.82, 2.24) is 30.4 Å². The highest BCUT2D eigenvalue weighted by molar-refractivity contribution is 5.95. The van der Waals surface area contributed by atoms with Crippen molar-refractivity contribution in [2.45, 2.75) is 71.4 Å². The SMILES string of the molecule is CNNC(=N)c1nc(N[C@H](C)C2CCC2)c2c(ncn2C[C@H]2CC[C@H](C)CC2)n1. The lowest BCUT2D eigenvalue weighted by molar-refractivity contribution is 0.266. The van der Waals surface area contributed by atoms with Gasteiger partial charge in [-0.25, -0.2) is 20.4 Å². The number of hydrogen-bond donors (Lipinski definition) is 4. The van der Waals surface area contributed by atoms with Crippen molar-refractivity contribution in [3.8, 4) is 0 Å². The Balaban J connectivity index is 1.64. The lowest BCUT2D eigenvalue weighted by Gasteiger charge is -2.32. The molecule has 2 heterocycles. The van der Waals surface area contributed by atoms with Crippen LogP contribution in [0.5, 0.6) is 0 Å². The summed E-state index contributed by atoms with van der Waals surface area (Å²) in [5, 5.41) is 11.8. The van der Waals surface area contributed by atoms with E-state index in [1.807, 2.05) is 6.33 Å². The van der Waals surface area contributed by atoms with Gasteiger partial charge in [-0.3, -0.25) is 5.41 Å². The number of hydrazine groups is 1. The second-order valence-corrected chi connectivity index (χ2v) is 8.96. The molecule has 4 rings (SSSR count). The van der Waals surface area contributed by atoms with Crippen LogP contribution in [-0.2, 0) is 6.54 Å². The van der Waals surface area contributed by atoms with Crippen LogP contribution in [0.4, 0.5) is 5.82 Å². The summed E-state index contributed by atoms with van der Waals surface area (Å²) in [4.78, 5) is 13.9. The van der Waals surface area contributed by atoms with Crippen molar-refractivity contribution in [2.24, 2.45) is 17.8 Å². The van der Waals surface area contributed by atoms with Crippen LogP contribution in [0.1, 0.15) is 64.6 Å². The first-order valence-corrected chi connectivity index (χ1v) is 11.1. The van der Waals surface area contributed by atoms with Gasteiger partial charge in [-0.15, -0.1) is 0 Å². The number of nitrogens with zero attached hydrogens (tertiary/aromatic N) is 4. The zero-order chi connectivity index (χ0) is 20.4. The smallest absolute Gasteiger partial charge is 0.200 e. The molecule has 0 aromatic carbocycles. The first-order valence-electron chi connectivity index (χ1n) is 11.1. The summed E-state index contributed by atoms with van der Waals surface area (Å²) >= 11 is 0. The highest BCUT2D eigenvalue weighted by Crippen LogP contribution is 2.33. The monoisotopic (exact) mass is 398 g/mol. The van der Waals surface area contributed by atoms with Crippen molar-refractivity contribution in [2.75, 3.05) is 12.4 Å². The van der Waals surface area contributed by atoms with E-state index in [4.69, 9.17) is 10.4 Å². The van der Waals surface area contributed by atoms with Gasteiger partial charge in [0.1, 0.15) is 5.52 Å². The normalized spacial score (nSPS) is 23.6. The first kappa shape index (κ1) is 20.1. The summed E-state index contributed by atoms with van der Waals surface area (Å²) in [6.07, 6.45) is 10.9. The molecule has 0 radical (unpaired) electrons. The molecule has 8 nitrogen and oxygen atoms in total. The van der Waals surface area contributed by atoms with Gasteiger partial charge < -0.3 is 15.3 Å². The Bertz CT molecular complexity index is 848. The first-order chi connectivity index (χ1) is 14.0. The lowest BCUT2D eigenvalue weighted by atomic mass is 9.80. The van der Waals surface area contributed by atoms with E-state index in [1.165, 1.54) is 44.9 Å². The Labute approximate surface area is 172 Å². The lowest BCUT2D eigenvalue weighted by Crippen LogP contribution is -2.36. The molecule has 0 amide bonds. The Morgan fingerprint density at radius 3 is 2.62 bits per heavy atom. The van der Waals surface area contributed by atoms with Gasteiger partial charge in [0.15, 0.2) is 23.1 Å². The molecule has 0 aliphatic heterocycles. The van der Waals surface area contributed by atoms with Crippen molar-refractivity contribution >= 4 is 22.8 Å². The second kappa shape index (κ2) is 8.65. The molecule has 1 atom stereocenters. The largest absolute Gasteiger partial charge is 0.365 e. The average Bonchev–Trinajstić information content (AvgIpc) is 3.05. The van der Waals surface area contributed by atoms with E-state index < -0.39 is 0 Å². The van der Waals surface area contributed by atoms with Crippen molar-refractivity contribution in [3.63, 3.8) is 0 Å². The molecule has 0 bridgehead atoms. The predicted octanol–water partition coefficient (Wildman–Crippen LogP) is 3.30. The number of nitrogens with one attached hydrogen (secondary N) is 4. The molecule has 2 aliphatic carbocycles. The summed E-state index contributed by atoms with van der Waals surface area (Å²) < 4.78 is 2.23. The quantitative estimate of drug-likeness (QED) is 0.324. The number of hydrogen-bond acceptors (Lipinski definition) is 6. The third kappa shape index (κ3) is 4.37. The van der Waals surface area contributed by atoms with Crippen molar-refractivity contribution in [1.29, 1.82) is 5.41 Å². The molecule has 2 aromatic heterocycles. The molecule has 158 valence electrons. The summed E-state index contributed by atoms with van der Waals surface area (Å²) in [6, 6.07) is 0.347. The zero-order valence-electron chi connectivity index (χ0n) is 17.8. The van der Waals surface area contributed by atoms with E-state index in [2.05, 4.69) is 44.6 Å². The molecule has 29 heavy (non-hydrogen) atoms. The molecule has 2 aromatic rings. The summed E-state index contributed by atoms with van der Waals surface area (Å²) in [6.45, 7) is 5.55. The van der Waals surface area contributed by atoms with Gasteiger partial charge in [0.05, 0.1) is 6.33 Å². The van der Waals surface area contributed by atoms with Gasteiger partial charge in [0.2, 0.25) is 0 Å². The number of fused-ring (bicyclic) bond motifs is 1. The predicted molar refractivity (Wildman–Crippen MR) is 116 cm³/mol. The van der Waals surface area contributed by atoms with Crippen LogP contribution in [0, 0.1) is 23.2 Å². The molecular weight excluding hydrogens is 364 g/mol. The fourth-order valence-electron chi connectivity index (χ4n) is 4.57. The summed E-state index contributed by atoms with van der Waals surface area (Å²) in [7, 11) is 1.73. The topological polar surface area (TPSA) is 104 Å². The summed E-state index contributed by atoms with van der Waals surface area (Å²) in [5.41, 5.74) is 7.17. The van der Waals surface area contributed by atoms with Crippen molar-refractivity contribution in [3.05, 3.63) is 12.2 Å². The Morgan fingerprint density at radius 2 is 1.97 bits per heavy atom. The minimum atomic E-state index is 0.143. The fourth-order valence-corrected chi connectivity index (χ4v) is 4.57. The molecule has 2 aliphatic rings. The maximum atomic E-state index is 8.19. The van der Waals surface area contributed by atoms with Gasteiger partial charge in [-0.2, -0.15) is 0 Å². The van der Waals surface area contributed by atoms with Gasteiger partial charge in [-0.05, 0) is 50.4 Å². The standard InChI is InChI=1S/C21H34N8/c1-13-7-9-15(10-8-13)11-29-12-24-19-17(29)20(25-14(2)16-5-4-6-16)27-21(26-19)18(22)28-23-3/h12-16,23H,4-11H2,1-3H3,(H2,22,28)(H,25,26,27)/t13-,14-,15-/m1/s1. The highest BCUT2D eigenvalue weighted by Gasteiger charge is 2.26. The van der Waals surface area contributed by atoms with E-state index in [9.17, 15) is 0 Å². The average molecular weight is 399 g/mol. The van der Waals surface area contributed by atoms with E-state index >= 15 is 0 Å². The minimum Gasteiger partial charge on any atom is -0.365 e. The van der Waals surface area contributed by atoms with Crippen LogP contribution >= 0.6 is 0 Å². The second-order valence-electron chi connectivity index (χ2n) is 8.96. The van der Waals surface area contributed by atoms with Gasteiger partial charge in [-0.1, -0.05) is 26.2 Å². The number of anilines is 1. The molecule has 0 unspecified atom stereocenters. The third-order valence-electron chi connectivity index (χ3n) is 6.76. The number of imidazole rings is 1. The molecule has 0 spiro atoms. The Hall–Kier alpha value is -2.22. The molecular formula is C21H34N8. The minimum absolute atomic E-state index is 0.143. The maximum Gasteiger partial charge on any atom is 0.200 e. The van der Waals surface area contributed by atoms with Crippen LogP contribution in [-0.4, -0.2) is 38.4 Å². The number of rotatable bonds is 7. The maximum absolute atomic E-state index is 8.19. The Morgan fingerprint density at radius 1 is 1.21 bits per heavy atom. The van der Waals surface area contributed by atoms with Crippen LogP contribution < -0.4 is 16.2 Å². The van der Waals surface area contributed by atoms with Crippen molar-refractivity contribution < 1.29 is 0 Å². The fraction of sp³-hybridized carbons (Fsp3) is 0.714. The molecule has 4 N–H and O–H groups in total. The van der Waals surface area contributed by atoms with E-state index in [0.29, 0.717) is 29.3 Å². The van der Waals surface area contributed by atoms with Crippen LogP contribution in [0.3, 0.4) is 0 Å². The van der Waals surface area contributed by atoms with Gasteiger partial charge in [0, 0.05) is 19.6 Å². The molecule has 2 fully saturated rings. The van der Waals surface area contributed by atoms with E-state index in [-0.39, 0.29) is 5.84 Å². The number of amidine groups is 1. The molecule has 8 heteroatoms. The molecule has 2 saturated carbocycles. The zero-order valence-corrected chi connectivity index (χ0v) is 17.8. The van der Waals surface area contributed by atoms with E-state index in [0.717, 1.165) is 23.8 Å². The van der Waals surface area contributed by atoms with Crippen LogP contribution in [0.25, 0.3) is 11.2 Å². The van der Waals surface area contributed by atoms with Gasteiger partial charge >= 0.3 is 0 Å².